The standard InChI is InChI=1S/C23H25IN2O3/c1-5-28-21-13-17(12-20(24)22(21)29-15(2)3)11-19(14-25)23(27)26-16(4)18-9-7-6-8-10-18/h6-13,15-16H,5H2,1-4H3,(H,26,27)/b19-11-/t16-/m1/s1. The minimum absolute atomic E-state index is 0.00374. The van der Waals surface area contributed by atoms with E-state index < -0.39 is 5.91 Å². The topological polar surface area (TPSA) is 71.3 Å². The number of nitrogens with one attached hydrogen (secondary N) is 1. The van der Waals surface area contributed by atoms with E-state index in [0.29, 0.717) is 23.7 Å². The van der Waals surface area contributed by atoms with E-state index in [1.165, 1.54) is 0 Å². The van der Waals surface area contributed by atoms with E-state index in [1.807, 2.05) is 70.2 Å². The highest BCUT2D eigenvalue weighted by Crippen LogP contribution is 2.35. The molecular formula is C23H25IN2O3. The Morgan fingerprint density at radius 2 is 1.93 bits per heavy atom. The summed E-state index contributed by atoms with van der Waals surface area (Å²) in [5, 5.41) is 12.4. The van der Waals surface area contributed by atoms with Crippen molar-refractivity contribution in [3.8, 4) is 17.6 Å². The largest absolute Gasteiger partial charge is 0.490 e. The Balaban J connectivity index is 2.29. The second-order valence-corrected chi connectivity index (χ2v) is 7.87. The van der Waals surface area contributed by atoms with Gasteiger partial charge < -0.3 is 14.8 Å². The predicted molar refractivity (Wildman–Crippen MR) is 123 cm³/mol. The van der Waals surface area contributed by atoms with Crippen LogP contribution in [0, 0.1) is 14.9 Å². The molecule has 1 N–H and O–H groups in total. The SMILES string of the molecule is CCOc1cc(/C=C(/C#N)C(=O)N[C@H](C)c2ccccc2)cc(I)c1OC(C)C. The van der Waals surface area contributed by atoms with Crippen molar-refractivity contribution < 1.29 is 14.3 Å². The van der Waals surface area contributed by atoms with Gasteiger partial charge in [0.1, 0.15) is 11.6 Å². The number of rotatable bonds is 8. The molecule has 0 saturated carbocycles. The third-order valence-corrected chi connectivity index (χ3v) is 4.81. The second-order valence-electron chi connectivity index (χ2n) is 6.71. The van der Waals surface area contributed by atoms with Gasteiger partial charge >= 0.3 is 0 Å². The Labute approximate surface area is 185 Å². The first-order chi connectivity index (χ1) is 13.8. The van der Waals surface area contributed by atoms with Crippen LogP contribution in [0.3, 0.4) is 0 Å². The third-order valence-electron chi connectivity index (χ3n) is 4.01. The number of halogens is 1. The highest BCUT2D eigenvalue weighted by atomic mass is 127. The first-order valence-electron chi connectivity index (χ1n) is 9.46. The van der Waals surface area contributed by atoms with Crippen LogP contribution in [-0.4, -0.2) is 18.6 Å². The molecule has 0 bridgehead atoms. The van der Waals surface area contributed by atoms with Gasteiger partial charge in [0, 0.05) is 0 Å². The number of nitrogens with zero attached hydrogens (tertiary/aromatic N) is 1. The van der Waals surface area contributed by atoms with Crippen molar-refractivity contribution in [1.82, 2.24) is 5.32 Å². The molecule has 0 fully saturated rings. The van der Waals surface area contributed by atoms with Crippen molar-refractivity contribution in [3.05, 3.63) is 62.7 Å². The van der Waals surface area contributed by atoms with Crippen LogP contribution < -0.4 is 14.8 Å². The van der Waals surface area contributed by atoms with Crippen molar-refractivity contribution in [3.63, 3.8) is 0 Å². The summed E-state index contributed by atoms with van der Waals surface area (Å²) in [6.45, 7) is 8.17. The molecule has 5 nitrogen and oxygen atoms in total. The fourth-order valence-corrected chi connectivity index (χ4v) is 3.45. The van der Waals surface area contributed by atoms with Gasteiger partial charge in [-0.25, -0.2) is 0 Å². The molecule has 0 saturated heterocycles. The molecule has 29 heavy (non-hydrogen) atoms. The van der Waals surface area contributed by atoms with E-state index in [0.717, 1.165) is 9.13 Å². The lowest BCUT2D eigenvalue weighted by Crippen LogP contribution is -2.27. The second kappa shape index (κ2) is 10.9. The average Bonchev–Trinajstić information content (AvgIpc) is 2.69. The molecule has 0 unspecified atom stereocenters. The van der Waals surface area contributed by atoms with Gasteiger partial charge in [0.15, 0.2) is 11.5 Å². The van der Waals surface area contributed by atoms with Gasteiger partial charge in [-0.3, -0.25) is 4.79 Å². The fourth-order valence-electron chi connectivity index (χ4n) is 2.70. The smallest absolute Gasteiger partial charge is 0.262 e. The van der Waals surface area contributed by atoms with Crippen molar-refractivity contribution in [1.29, 1.82) is 5.26 Å². The molecule has 0 aromatic heterocycles. The zero-order valence-electron chi connectivity index (χ0n) is 17.0. The van der Waals surface area contributed by atoms with Crippen LogP contribution in [0.1, 0.15) is 44.9 Å². The van der Waals surface area contributed by atoms with Gasteiger partial charge in [0.2, 0.25) is 0 Å². The molecule has 6 heteroatoms. The van der Waals surface area contributed by atoms with Gasteiger partial charge in [-0.05, 0) is 79.6 Å². The summed E-state index contributed by atoms with van der Waals surface area (Å²) in [5.41, 5.74) is 1.71. The van der Waals surface area contributed by atoms with E-state index >= 15 is 0 Å². The summed E-state index contributed by atoms with van der Waals surface area (Å²) in [5.74, 6) is 0.842. The summed E-state index contributed by atoms with van der Waals surface area (Å²) in [6, 6.07) is 15.1. The lowest BCUT2D eigenvalue weighted by molar-refractivity contribution is -0.117. The number of nitriles is 1. The molecule has 0 heterocycles. The Bertz CT molecular complexity index is 918. The number of amides is 1. The van der Waals surface area contributed by atoms with Crippen LogP contribution in [0.4, 0.5) is 0 Å². The van der Waals surface area contributed by atoms with E-state index in [4.69, 9.17) is 9.47 Å². The molecule has 152 valence electrons. The number of benzene rings is 2. The number of carbonyl (C=O) groups is 1. The fraction of sp³-hybridized carbons (Fsp3) is 0.304. The van der Waals surface area contributed by atoms with Crippen LogP contribution in [-0.2, 0) is 4.79 Å². The summed E-state index contributed by atoms with van der Waals surface area (Å²) in [4.78, 5) is 12.6. The number of hydrogen-bond acceptors (Lipinski definition) is 4. The molecular weight excluding hydrogens is 479 g/mol. The summed E-state index contributed by atoms with van der Waals surface area (Å²) >= 11 is 2.17. The highest BCUT2D eigenvalue weighted by molar-refractivity contribution is 14.1. The number of hydrogen-bond donors (Lipinski definition) is 1. The molecule has 0 radical (unpaired) electrons. The Morgan fingerprint density at radius 3 is 2.52 bits per heavy atom. The molecule has 1 atom stereocenters. The van der Waals surface area contributed by atoms with Gasteiger partial charge in [-0.1, -0.05) is 30.3 Å². The molecule has 2 rings (SSSR count). The molecule has 0 aliphatic heterocycles. The van der Waals surface area contributed by atoms with Crippen molar-refractivity contribution in [2.24, 2.45) is 0 Å². The van der Waals surface area contributed by atoms with Gasteiger partial charge in [-0.15, -0.1) is 0 Å². The van der Waals surface area contributed by atoms with E-state index in [1.54, 1.807) is 12.1 Å². The zero-order valence-corrected chi connectivity index (χ0v) is 19.2. The minimum Gasteiger partial charge on any atom is -0.490 e. The Morgan fingerprint density at radius 1 is 1.24 bits per heavy atom. The Kier molecular flexibility index (Phi) is 8.52. The summed E-state index contributed by atoms with van der Waals surface area (Å²) in [7, 11) is 0. The molecule has 1 amide bonds. The Hall–Kier alpha value is -2.53. The molecule has 0 aliphatic carbocycles. The summed E-state index contributed by atoms with van der Waals surface area (Å²) < 4.78 is 12.4. The average molecular weight is 504 g/mol. The minimum atomic E-state index is -0.417. The van der Waals surface area contributed by atoms with E-state index in [9.17, 15) is 10.1 Å². The maximum Gasteiger partial charge on any atom is 0.262 e. The van der Waals surface area contributed by atoms with E-state index in [-0.39, 0.29) is 17.7 Å². The monoisotopic (exact) mass is 504 g/mol. The maximum atomic E-state index is 12.6. The predicted octanol–water partition coefficient (Wildman–Crippen LogP) is 5.26. The number of carbonyl (C=O) groups excluding carboxylic acids is 1. The zero-order chi connectivity index (χ0) is 21.4. The van der Waals surface area contributed by atoms with Gasteiger partial charge in [0.25, 0.3) is 5.91 Å². The van der Waals surface area contributed by atoms with E-state index in [2.05, 4.69) is 27.9 Å². The molecule has 2 aromatic carbocycles. The first-order valence-corrected chi connectivity index (χ1v) is 10.5. The van der Waals surface area contributed by atoms with Gasteiger partial charge in [-0.2, -0.15) is 5.26 Å². The first kappa shape index (κ1) is 22.8. The van der Waals surface area contributed by atoms with Crippen molar-refractivity contribution in [2.45, 2.75) is 39.8 Å². The van der Waals surface area contributed by atoms with Crippen molar-refractivity contribution in [2.75, 3.05) is 6.61 Å². The van der Waals surface area contributed by atoms with Gasteiger partial charge in [0.05, 0.1) is 22.3 Å². The molecule has 0 spiro atoms. The molecule has 2 aromatic rings. The van der Waals surface area contributed by atoms with Crippen LogP contribution in [0.25, 0.3) is 6.08 Å². The van der Waals surface area contributed by atoms with Crippen LogP contribution in [0.15, 0.2) is 48.0 Å². The normalized spacial score (nSPS) is 12.2. The summed E-state index contributed by atoms with van der Waals surface area (Å²) in [6.07, 6.45) is 1.57. The lowest BCUT2D eigenvalue weighted by atomic mass is 10.1. The van der Waals surface area contributed by atoms with Crippen LogP contribution in [0.2, 0.25) is 0 Å². The lowest BCUT2D eigenvalue weighted by Gasteiger charge is -2.17. The molecule has 0 aliphatic rings. The van der Waals surface area contributed by atoms with Crippen molar-refractivity contribution >= 4 is 34.6 Å². The number of ether oxygens (including phenoxy) is 2. The maximum absolute atomic E-state index is 12.6. The quantitative estimate of drug-likeness (QED) is 0.303. The highest BCUT2D eigenvalue weighted by Gasteiger charge is 2.16. The van der Waals surface area contributed by atoms with Crippen LogP contribution >= 0.6 is 22.6 Å². The third kappa shape index (κ3) is 6.50. The van der Waals surface area contributed by atoms with Crippen LogP contribution in [0.5, 0.6) is 11.5 Å².